The molecule has 0 aliphatic rings. The summed E-state index contributed by atoms with van der Waals surface area (Å²) >= 11 is 0. The van der Waals surface area contributed by atoms with Crippen LogP contribution in [0.3, 0.4) is 0 Å². The maximum Gasteiger partial charge on any atom is 0.140 e. The van der Waals surface area contributed by atoms with Crippen LogP contribution >= 0.6 is 0 Å². The fraction of sp³-hybridized carbons (Fsp3) is 0.947. The molecule has 25 heavy (non-hydrogen) atoms. The second kappa shape index (κ2) is 13.6. The van der Waals surface area contributed by atoms with Crippen molar-refractivity contribution in [2.75, 3.05) is 59.4 Å². The first-order chi connectivity index (χ1) is 11.6. The summed E-state index contributed by atoms with van der Waals surface area (Å²) in [7, 11) is 0. The Hall–Kier alpha value is -0.530. The minimum atomic E-state index is -0.288. The summed E-state index contributed by atoms with van der Waals surface area (Å²) in [6.07, 6.45) is 0.456. The topological polar surface area (TPSA) is 66.0 Å². The molecule has 0 bridgehead atoms. The average molecular weight is 362 g/mol. The second-order valence-corrected chi connectivity index (χ2v) is 8.05. The number of hydrogen-bond acceptors (Lipinski definition) is 6. The van der Waals surface area contributed by atoms with Gasteiger partial charge in [0.2, 0.25) is 0 Å². The molecule has 0 saturated heterocycles. The summed E-state index contributed by atoms with van der Waals surface area (Å²) in [6, 6.07) is 0. The van der Waals surface area contributed by atoms with Crippen LogP contribution < -0.4 is 5.32 Å². The largest absolute Gasteiger partial charge is 0.379 e. The van der Waals surface area contributed by atoms with E-state index < -0.39 is 0 Å². The normalized spacial score (nSPS) is 12.6. The molecule has 0 saturated carbocycles. The summed E-state index contributed by atoms with van der Waals surface area (Å²) < 4.78 is 21.7. The van der Waals surface area contributed by atoms with Crippen LogP contribution in [0.4, 0.5) is 0 Å². The van der Waals surface area contributed by atoms with E-state index in [9.17, 15) is 4.79 Å². The summed E-state index contributed by atoms with van der Waals surface area (Å²) in [6.45, 7) is 17.4. The van der Waals surface area contributed by atoms with Crippen LogP contribution in [-0.4, -0.2) is 70.7 Å². The average Bonchev–Trinajstić information content (AvgIpc) is 2.48. The lowest BCUT2D eigenvalue weighted by Gasteiger charge is -2.20. The molecular formula is C19H39NO5. The van der Waals surface area contributed by atoms with Gasteiger partial charge in [0.25, 0.3) is 0 Å². The highest BCUT2D eigenvalue weighted by atomic mass is 16.6. The second-order valence-electron chi connectivity index (χ2n) is 8.05. The molecule has 0 rings (SSSR count). The Morgan fingerprint density at radius 1 is 0.680 bits per heavy atom. The minimum absolute atomic E-state index is 0.128. The van der Waals surface area contributed by atoms with Crippen LogP contribution in [0.1, 0.15) is 48.0 Å². The number of ether oxygens (including phenoxy) is 4. The molecular weight excluding hydrogens is 322 g/mol. The molecule has 0 aliphatic carbocycles. The third-order valence-corrected chi connectivity index (χ3v) is 3.33. The van der Waals surface area contributed by atoms with Crippen molar-refractivity contribution < 1.29 is 23.7 Å². The van der Waals surface area contributed by atoms with E-state index >= 15 is 0 Å². The van der Waals surface area contributed by atoms with Gasteiger partial charge in [0.15, 0.2) is 0 Å². The predicted octanol–water partition coefficient (Wildman–Crippen LogP) is 2.45. The zero-order valence-electron chi connectivity index (χ0n) is 17.1. The van der Waals surface area contributed by atoms with Gasteiger partial charge in [-0.1, -0.05) is 20.8 Å². The van der Waals surface area contributed by atoms with Crippen LogP contribution in [0.25, 0.3) is 0 Å². The van der Waals surface area contributed by atoms with E-state index in [1.165, 1.54) is 0 Å². The quantitative estimate of drug-likeness (QED) is 0.452. The van der Waals surface area contributed by atoms with Gasteiger partial charge in [0.05, 0.1) is 52.9 Å². The summed E-state index contributed by atoms with van der Waals surface area (Å²) in [4.78, 5) is 11.7. The lowest BCUT2D eigenvalue weighted by atomic mass is 9.89. The zero-order valence-corrected chi connectivity index (χ0v) is 17.1. The number of carbonyl (C=O) groups is 1. The van der Waals surface area contributed by atoms with Crippen LogP contribution in [0.5, 0.6) is 0 Å². The van der Waals surface area contributed by atoms with Gasteiger partial charge >= 0.3 is 0 Å². The molecule has 150 valence electrons. The Balaban J connectivity index is 3.18. The van der Waals surface area contributed by atoms with Gasteiger partial charge in [-0.25, -0.2) is 0 Å². The van der Waals surface area contributed by atoms with Gasteiger partial charge < -0.3 is 24.3 Å². The third kappa shape index (κ3) is 18.1. The standard InChI is InChI=1S/C19H39NO5/c1-18(2,3)17(21)7-9-22-11-13-24-15-16-25-14-12-23-10-8-20-19(4,5)6/h20H,7-16H2,1-6H3. The van der Waals surface area contributed by atoms with Crippen LogP contribution in [0.2, 0.25) is 0 Å². The number of rotatable bonds is 15. The molecule has 1 N–H and O–H groups in total. The smallest absolute Gasteiger partial charge is 0.140 e. The molecule has 6 heteroatoms. The summed E-state index contributed by atoms with van der Waals surface area (Å²) in [5.74, 6) is 0.221. The van der Waals surface area contributed by atoms with E-state index in [1.807, 2.05) is 20.8 Å². The lowest BCUT2D eigenvalue weighted by Crippen LogP contribution is -2.38. The molecule has 0 fully saturated rings. The number of Topliss-reactive ketones (excluding diaryl/α,β-unsaturated/α-hetero) is 1. The van der Waals surface area contributed by atoms with Crippen LogP contribution in [0, 0.1) is 5.41 Å². The minimum Gasteiger partial charge on any atom is -0.379 e. The van der Waals surface area contributed by atoms with Crippen molar-refractivity contribution in [2.24, 2.45) is 5.41 Å². The van der Waals surface area contributed by atoms with Crippen molar-refractivity contribution >= 4 is 5.78 Å². The molecule has 0 heterocycles. The van der Waals surface area contributed by atoms with E-state index in [4.69, 9.17) is 18.9 Å². The predicted molar refractivity (Wildman–Crippen MR) is 100 cm³/mol. The maximum absolute atomic E-state index is 11.7. The summed E-state index contributed by atoms with van der Waals surface area (Å²) in [5, 5.41) is 3.36. The van der Waals surface area contributed by atoms with E-state index in [0.717, 1.165) is 6.54 Å². The van der Waals surface area contributed by atoms with Crippen LogP contribution in [0.15, 0.2) is 0 Å². The van der Waals surface area contributed by atoms with E-state index in [-0.39, 0.29) is 16.7 Å². The highest BCUT2D eigenvalue weighted by Crippen LogP contribution is 2.16. The SMILES string of the molecule is CC(C)(C)NCCOCCOCCOCCOCCC(=O)C(C)(C)C. The molecule has 0 radical (unpaired) electrons. The molecule has 0 aromatic heterocycles. The lowest BCUT2D eigenvalue weighted by molar-refractivity contribution is -0.127. The molecule has 0 spiro atoms. The molecule has 0 aromatic rings. The van der Waals surface area contributed by atoms with Gasteiger partial charge in [0.1, 0.15) is 5.78 Å². The maximum atomic E-state index is 11.7. The first-order valence-corrected chi connectivity index (χ1v) is 9.22. The monoisotopic (exact) mass is 361 g/mol. The fourth-order valence-electron chi connectivity index (χ4n) is 1.80. The number of carbonyl (C=O) groups excluding carboxylic acids is 1. The van der Waals surface area contributed by atoms with Crippen molar-refractivity contribution in [3.8, 4) is 0 Å². The first kappa shape index (κ1) is 24.5. The van der Waals surface area contributed by atoms with Crippen LogP contribution in [-0.2, 0) is 23.7 Å². The Morgan fingerprint density at radius 3 is 1.48 bits per heavy atom. The summed E-state index contributed by atoms with van der Waals surface area (Å²) in [5.41, 5.74) is -0.160. The van der Waals surface area contributed by atoms with Crippen molar-refractivity contribution in [3.63, 3.8) is 0 Å². The number of hydrogen-bond donors (Lipinski definition) is 1. The van der Waals surface area contributed by atoms with Crippen molar-refractivity contribution in [1.82, 2.24) is 5.32 Å². The molecule has 6 nitrogen and oxygen atoms in total. The van der Waals surface area contributed by atoms with E-state index in [2.05, 4.69) is 26.1 Å². The highest BCUT2D eigenvalue weighted by molar-refractivity contribution is 5.83. The molecule has 0 aliphatic heterocycles. The molecule has 0 aromatic carbocycles. The fourth-order valence-corrected chi connectivity index (χ4v) is 1.80. The van der Waals surface area contributed by atoms with Crippen molar-refractivity contribution in [1.29, 1.82) is 0 Å². The van der Waals surface area contributed by atoms with Crippen molar-refractivity contribution in [3.05, 3.63) is 0 Å². The number of nitrogens with one attached hydrogen (secondary N) is 1. The Morgan fingerprint density at radius 2 is 1.08 bits per heavy atom. The third-order valence-electron chi connectivity index (χ3n) is 3.33. The highest BCUT2D eigenvalue weighted by Gasteiger charge is 2.20. The first-order valence-electron chi connectivity index (χ1n) is 9.22. The molecule has 0 unspecified atom stereocenters. The zero-order chi connectivity index (χ0) is 19.2. The van der Waals surface area contributed by atoms with Gasteiger partial charge in [-0.3, -0.25) is 4.79 Å². The van der Waals surface area contributed by atoms with Gasteiger partial charge in [-0.15, -0.1) is 0 Å². The molecule has 0 atom stereocenters. The number of ketones is 1. The Kier molecular flexibility index (Phi) is 13.4. The van der Waals surface area contributed by atoms with Crippen molar-refractivity contribution in [2.45, 2.75) is 53.5 Å². The van der Waals surface area contributed by atoms with E-state index in [0.29, 0.717) is 59.3 Å². The Bertz CT molecular complexity index is 334. The van der Waals surface area contributed by atoms with E-state index in [1.54, 1.807) is 0 Å². The molecule has 0 amide bonds. The van der Waals surface area contributed by atoms with Gasteiger partial charge in [-0.2, -0.15) is 0 Å². The van der Waals surface area contributed by atoms with Gasteiger partial charge in [0, 0.05) is 23.9 Å². The van der Waals surface area contributed by atoms with Gasteiger partial charge in [-0.05, 0) is 20.8 Å². The Labute approximate surface area is 153 Å².